The van der Waals surface area contributed by atoms with Gasteiger partial charge in [-0.1, -0.05) is 30.3 Å². The lowest BCUT2D eigenvalue weighted by atomic mass is 10.0. The molecule has 0 aromatic heterocycles. The van der Waals surface area contributed by atoms with Crippen molar-refractivity contribution in [2.45, 2.75) is 19.9 Å². The standard InChI is InChI=1S/C19H23NO3/c1-4-23-18-11-6-5-10-17(18)15-8-7-9-16(12-15)19(22)20(3)14(2)13-21/h5-12,14,21H,4,13H2,1-3H3. The number of aliphatic hydroxyl groups is 1. The molecule has 0 aliphatic carbocycles. The summed E-state index contributed by atoms with van der Waals surface area (Å²) in [6.45, 7) is 4.29. The fraction of sp³-hybridized carbons (Fsp3) is 0.316. The zero-order valence-electron chi connectivity index (χ0n) is 13.8. The Balaban J connectivity index is 2.36. The third-order valence-electron chi connectivity index (χ3n) is 3.85. The van der Waals surface area contributed by atoms with Crippen LogP contribution in [0.5, 0.6) is 5.75 Å². The zero-order chi connectivity index (χ0) is 16.8. The Kier molecular flexibility index (Phi) is 5.77. The highest BCUT2D eigenvalue weighted by Gasteiger charge is 2.17. The van der Waals surface area contributed by atoms with E-state index >= 15 is 0 Å². The zero-order valence-corrected chi connectivity index (χ0v) is 13.8. The van der Waals surface area contributed by atoms with Crippen LogP contribution in [0, 0.1) is 0 Å². The molecule has 1 amide bonds. The molecular weight excluding hydrogens is 290 g/mol. The maximum atomic E-state index is 12.5. The smallest absolute Gasteiger partial charge is 0.253 e. The summed E-state index contributed by atoms with van der Waals surface area (Å²) < 4.78 is 5.67. The summed E-state index contributed by atoms with van der Waals surface area (Å²) in [6, 6.07) is 15.0. The Morgan fingerprint density at radius 2 is 1.96 bits per heavy atom. The summed E-state index contributed by atoms with van der Waals surface area (Å²) in [5, 5.41) is 9.22. The number of carbonyl (C=O) groups excluding carboxylic acids is 1. The first kappa shape index (κ1) is 17.0. The van der Waals surface area contributed by atoms with Crippen molar-refractivity contribution in [1.82, 2.24) is 4.90 Å². The first-order chi connectivity index (χ1) is 11.1. The molecule has 1 unspecified atom stereocenters. The van der Waals surface area contributed by atoms with Crippen molar-refractivity contribution in [3.8, 4) is 16.9 Å². The van der Waals surface area contributed by atoms with Gasteiger partial charge >= 0.3 is 0 Å². The van der Waals surface area contributed by atoms with Gasteiger partial charge in [-0.2, -0.15) is 0 Å². The van der Waals surface area contributed by atoms with E-state index in [4.69, 9.17) is 4.74 Å². The molecule has 0 aliphatic rings. The van der Waals surface area contributed by atoms with Crippen LogP contribution in [0.15, 0.2) is 48.5 Å². The SMILES string of the molecule is CCOc1ccccc1-c1cccc(C(=O)N(C)C(C)CO)c1. The van der Waals surface area contributed by atoms with E-state index in [0.29, 0.717) is 12.2 Å². The van der Waals surface area contributed by atoms with Crippen LogP contribution in [-0.4, -0.2) is 42.2 Å². The van der Waals surface area contributed by atoms with E-state index in [1.54, 1.807) is 18.0 Å². The minimum Gasteiger partial charge on any atom is -0.493 e. The lowest BCUT2D eigenvalue weighted by Crippen LogP contribution is -2.37. The summed E-state index contributed by atoms with van der Waals surface area (Å²) in [4.78, 5) is 14.1. The molecule has 23 heavy (non-hydrogen) atoms. The number of hydrogen-bond acceptors (Lipinski definition) is 3. The Bertz CT molecular complexity index is 669. The van der Waals surface area contributed by atoms with Crippen molar-refractivity contribution >= 4 is 5.91 Å². The van der Waals surface area contributed by atoms with Crippen molar-refractivity contribution in [3.05, 3.63) is 54.1 Å². The van der Waals surface area contributed by atoms with Gasteiger partial charge in [0, 0.05) is 18.2 Å². The van der Waals surface area contributed by atoms with E-state index in [1.807, 2.05) is 56.3 Å². The molecular formula is C19H23NO3. The Morgan fingerprint density at radius 1 is 1.22 bits per heavy atom. The summed E-state index contributed by atoms with van der Waals surface area (Å²) in [6.07, 6.45) is 0. The van der Waals surface area contributed by atoms with Gasteiger partial charge in [-0.3, -0.25) is 4.79 Å². The molecule has 4 heteroatoms. The maximum Gasteiger partial charge on any atom is 0.253 e. The van der Waals surface area contributed by atoms with Crippen LogP contribution in [-0.2, 0) is 0 Å². The van der Waals surface area contributed by atoms with Crippen molar-refractivity contribution in [1.29, 1.82) is 0 Å². The van der Waals surface area contributed by atoms with Crippen molar-refractivity contribution < 1.29 is 14.6 Å². The number of hydrogen-bond donors (Lipinski definition) is 1. The molecule has 0 saturated carbocycles. The number of ether oxygens (including phenoxy) is 1. The molecule has 2 aromatic rings. The van der Waals surface area contributed by atoms with Gasteiger partial charge in [0.15, 0.2) is 0 Å². The van der Waals surface area contributed by atoms with E-state index in [0.717, 1.165) is 16.9 Å². The first-order valence-corrected chi connectivity index (χ1v) is 7.78. The van der Waals surface area contributed by atoms with Gasteiger partial charge in [-0.25, -0.2) is 0 Å². The molecule has 122 valence electrons. The third kappa shape index (κ3) is 3.90. The van der Waals surface area contributed by atoms with E-state index in [1.165, 1.54) is 0 Å². The molecule has 2 aromatic carbocycles. The molecule has 0 saturated heterocycles. The summed E-state index contributed by atoms with van der Waals surface area (Å²) in [5.74, 6) is 0.693. The number of aliphatic hydroxyl groups excluding tert-OH is 1. The topological polar surface area (TPSA) is 49.8 Å². The molecule has 2 rings (SSSR count). The first-order valence-electron chi connectivity index (χ1n) is 7.78. The fourth-order valence-electron chi connectivity index (χ4n) is 2.33. The lowest BCUT2D eigenvalue weighted by molar-refractivity contribution is 0.0682. The maximum absolute atomic E-state index is 12.5. The monoisotopic (exact) mass is 313 g/mol. The summed E-state index contributed by atoms with van der Waals surface area (Å²) in [5.41, 5.74) is 2.49. The van der Waals surface area contributed by atoms with Crippen LogP contribution in [0.4, 0.5) is 0 Å². The van der Waals surface area contributed by atoms with Crippen molar-refractivity contribution in [3.63, 3.8) is 0 Å². The predicted molar refractivity (Wildman–Crippen MR) is 91.7 cm³/mol. The third-order valence-corrected chi connectivity index (χ3v) is 3.85. The van der Waals surface area contributed by atoms with Gasteiger partial charge < -0.3 is 14.7 Å². The van der Waals surface area contributed by atoms with Crippen LogP contribution < -0.4 is 4.74 Å². The second-order valence-electron chi connectivity index (χ2n) is 5.46. The Labute approximate surface area is 137 Å². The predicted octanol–water partition coefficient (Wildman–Crippen LogP) is 3.21. The van der Waals surface area contributed by atoms with Gasteiger partial charge in [0.25, 0.3) is 5.91 Å². The van der Waals surface area contributed by atoms with Crippen LogP contribution in [0.3, 0.4) is 0 Å². The fourth-order valence-corrected chi connectivity index (χ4v) is 2.33. The van der Waals surface area contributed by atoms with Gasteiger partial charge in [-0.05, 0) is 37.6 Å². The quantitative estimate of drug-likeness (QED) is 0.891. The average Bonchev–Trinajstić information content (AvgIpc) is 2.60. The molecule has 0 fully saturated rings. The van der Waals surface area contributed by atoms with E-state index < -0.39 is 0 Å². The summed E-state index contributed by atoms with van der Waals surface area (Å²) in [7, 11) is 1.70. The van der Waals surface area contributed by atoms with Crippen LogP contribution in [0.25, 0.3) is 11.1 Å². The number of nitrogens with zero attached hydrogens (tertiary/aromatic N) is 1. The second-order valence-corrected chi connectivity index (χ2v) is 5.46. The van der Waals surface area contributed by atoms with Crippen LogP contribution in [0.1, 0.15) is 24.2 Å². The minimum absolute atomic E-state index is 0.0604. The molecule has 1 N–H and O–H groups in total. The van der Waals surface area contributed by atoms with E-state index in [-0.39, 0.29) is 18.6 Å². The largest absolute Gasteiger partial charge is 0.493 e. The van der Waals surface area contributed by atoms with E-state index in [2.05, 4.69) is 0 Å². The Hall–Kier alpha value is -2.33. The highest BCUT2D eigenvalue weighted by molar-refractivity contribution is 5.95. The highest BCUT2D eigenvalue weighted by Crippen LogP contribution is 2.30. The van der Waals surface area contributed by atoms with Crippen LogP contribution in [0.2, 0.25) is 0 Å². The number of likely N-dealkylation sites (N-methyl/N-ethyl adjacent to an activating group) is 1. The number of benzene rings is 2. The number of para-hydroxylation sites is 1. The number of carbonyl (C=O) groups is 1. The van der Waals surface area contributed by atoms with E-state index in [9.17, 15) is 9.90 Å². The minimum atomic E-state index is -0.220. The van der Waals surface area contributed by atoms with Gasteiger partial charge in [0.05, 0.1) is 19.3 Å². The lowest BCUT2D eigenvalue weighted by Gasteiger charge is -2.23. The van der Waals surface area contributed by atoms with Gasteiger partial charge in [0.2, 0.25) is 0 Å². The Morgan fingerprint density at radius 3 is 2.65 bits per heavy atom. The molecule has 0 aliphatic heterocycles. The number of amides is 1. The van der Waals surface area contributed by atoms with Crippen molar-refractivity contribution in [2.75, 3.05) is 20.3 Å². The summed E-state index contributed by atoms with van der Waals surface area (Å²) >= 11 is 0. The van der Waals surface area contributed by atoms with Gasteiger partial charge in [-0.15, -0.1) is 0 Å². The molecule has 1 atom stereocenters. The van der Waals surface area contributed by atoms with Crippen molar-refractivity contribution in [2.24, 2.45) is 0 Å². The molecule has 4 nitrogen and oxygen atoms in total. The normalized spacial score (nSPS) is 11.8. The second kappa shape index (κ2) is 7.79. The van der Waals surface area contributed by atoms with Gasteiger partial charge in [0.1, 0.15) is 5.75 Å². The average molecular weight is 313 g/mol. The highest BCUT2D eigenvalue weighted by atomic mass is 16.5. The molecule has 0 radical (unpaired) electrons. The molecule has 0 heterocycles. The van der Waals surface area contributed by atoms with Crippen LogP contribution >= 0.6 is 0 Å². The molecule has 0 bridgehead atoms. The molecule has 0 spiro atoms. The number of rotatable bonds is 6.